The molecule has 7 atom stereocenters. The van der Waals surface area contributed by atoms with Crippen molar-refractivity contribution in [2.45, 2.75) is 216 Å². The van der Waals surface area contributed by atoms with Crippen LogP contribution in [0.3, 0.4) is 0 Å². The summed E-state index contributed by atoms with van der Waals surface area (Å²) in [7, 11) is 1.57. The summed E-state index contributed by atoms with van der Waals surface area (Å²) in [6.45, 7) is 14.4. The van der Waals surface area contributed by atoms with Gasteiger partial charge in [-0.05, 0) is 315 Å². The van der Waals surface area contributed by atoms with Crippen LogP contribution in [-0.4, -0.2) is 227 Å². The summed E-state index contributed by atoms with van der Waals surface area (Å²) in [6, 6.07) is 85.0. The van der Waals surface area contributed by atoms with Crippen molar-refractivity contribution in [3.63, 3.8) is 0 Å². The molecule has 0 unspecified atom stereocenters. The van der Waals surface area contributed by atoms with Crippen molar-refractivity contribution in [3.05, 3.63) is 345 Å². The number of benzene rings is 12. The van der Waals surface area contributed by atoms with Crippen LogP contribution in [0.15, 0.2) is 266 Å². The lowest BCUT2D eigenvalue weighted by molar-refractivity contribution is -0.133. The predicted molar refractivity (Wildman–Crippen MR) is 582 cm³/mol. The summed E-state index contributed by atoms with van der Waals surface area (Å²) >= 11 is 0. The predicted octanol–water partition coefficient (Wildman–Crippen LogP) is 20.6. The van der Waals surface area contributed by atoms with Crippen molar-refractivity contribution >= 4 is 90.2 Å². The highest BCUT2D eigenvalue weighted by atomic mass is 19.1. The molecule has 0 aliphatic carbocycles. The van der Waals surface area contributed by atoms with Gasteiger partial charge in [0.2, 0.25) is 17.6 Å². The van der Waals surface area contributed by atoms with Crippen LogP contribution in [0, 0.1) is 36.1 Å². The summed E-state index contributed by atoms with van der Waals surface area (Å²) < 4.78 is 63.2. The SMILES string of the molecule is COc1ccccc1NC(=O)[C@@H]1CCCN1C(=O)NC1C[C@H]2CC[C@H](C1)N2Cc1ccc2cc(F)ccc2c1.Cc1nnc2n(CCCN3CCN(C(c4ccccc4)c4ccccc4)CC3)c(=O)c3ccccc3n12.Nc1ccc(C(=O)N2CCCN(C(=O)NC3C[C@H]4CC[C@H](C3)N4Cc3ccc4cc(F)ccc4c3)CC2)cc1.O=C(CC1C[C@H]2CC[C@H](C1)N2Cc1ccc2cc(F)ccc2c1)N1CCc2cc(F)ccc2C1.[HH].[HH].[HH]. The number of anilines is 2. The van der Waals surface area contributed by atoms with Gasteiger partial charge in [0.25, 0.3) is 11.5 Å². The summed E-state index contributed by atoms with van der Waals surface area (Å²) in [5.41, 5.74) is 17.0. The van der Waals surface area contributed by atoms with Gasteiger partial charge in [-0.2, -0.15) is 0 Å². The number of urea groups is 2. The Bertz CT molecular complexity index is 7180. The highest BCUT2D eigenvalue weighted by Gasteiger charge is 2.46. The number of aromatic nitrogens is 4. The van der Waals surface area contributed by atoms with Crippen molar-refractivity contribution in [2.24, 2.45) is 5.92 Å². The number of carbonyl (C=O) groups excluding carboxylic acids is 5. The maximum Gasteiger partial charge on any atom is 0.318 e. The number of ether oxygens (including phenoxy) is 1. The number of rotatable bonds is 21. The van der Waals surface area contributed by atoms with E-state index in [0.717, 1.165) is 197 Å². The molecule has 0 radical (unpaired) electrons. The molecular weight excluding hydrogens is 1880 g/mol. The lowest BCUT2D eigenvalue weighted by atomic mass is 9.87. The van der Waals surface area contributed by atoms with Crippen LogP contribution in [0.1, 0.15) is 175 Å². The molecule has 9 saturated heterocycles. The molecule has 24 nitrogen and oxygen atoms in total. The van der Waals surface area contributed by atoms with Crippen molar-refractivity contribution in [1.82, 2.24) is 73.9 Å². The van der Waals surface area contributed by atoms with Crippen LogP contribution in [0.25, 0.3) is 49.0 Å². The maximum absolute atomic E-state index is 13.6. The van der Waals surface area contributed by atoms with Gasteiger partial charge in [0.15, 0.2) is 0 Å². The topological polar surface area (TPSA) is 238 Å². The number of para-hydroxylation sites is 3. The molecule has 10 aliphatic heterocycles. The van der Waals surface area contributed by atoms with E-state index in [1.807, 2.05) is 105 Å². The number of hydrogen-bond donors (Lipinski definition) is 4. The monoisotopic (exact) mass is 2020 g/mol. The molecule has 24 rings (SSSR count). The minimum atomic E-state index is -0.492. The van der Waals surface area contributed by atoms with E-state index in [2.05, 4.69) is 148 Å². The van der Waals surface area contributed by atoms with Crippen molar-refractivity contribution in [1.29, 1.82) is 0 Å². The van der Waals surface area contributed by atoms with Gasteiger partial charge < -0.3 is 50.9 Å². The Morgan fingerprint density at radius 2 is 0.960 bits per heavy atom. The van der Waals surface area contributed by atoms with Crippen LogP contribution in [0.5, 0.6) is 5.75 Å². The zero-order valence-corrected chi connectivity index (χ0v) is 85.0. The maximum atomic E-state index is 13.6. The molecule has 0 spiro atoms. The Labute approximate surface area is 872 Å². The third-order valence-electron chi connectivity index (χ3n) is 33.0. The molecular formula is C121H139F4N17O7. The van der Waals surface area contributed by atoms with Crippen LogP contribution in [0.4, 0.5) is 38.5 Å². The largest absolute Gasteiger partial charge is 0.495 e. The van der Waals surface area contributed by atoms with Gasteiger partial charge in [0, 0.05) is 168 Å². The number of fused-ring (bicyclic) bond motifs is 13. The lowest BCUT2D eigenvalue weighted by Gasteiger charge is -2.40. The molecule has 778 valence electrons. The third-order valence-corrected chi connectivity index (χ3v) is 33.0. The quantitative estimate of drug-likeness (QED) is 0.0386. The van der Waals surface area contributed by atoms with Crippen molar-refractivity contribution in [3.8, 4) is 5.75 Å². The zero-order chi connectivity index (χ0) is 102. The highest BCUT2D eigenvalue weighted by Crippen LogP contribution is 2.44. The smallest absolute Gasteiger partial charge is 0.318 e. The van der Waals surface area contributed by atoms with E-state index in [1.165, 1.54) is 64.9 Å². The Hall–Kier alpha value is -13.9. The number of carbonyl (C=O) groups is 5. The number of hydrogen-bond acceptors (Lipinski definition) is 15. The second kappa shape index (κ2) is 45.7. The fourth-order valence-corrected chi connectivity index (χ4v) is 25.5. The van der Waals surface area contributed by atoms with Crippen LogP contribution < -0.4 is 32.0 Å². The van der Waals surface area contributed by atoms with E-state index >= 15 is 0 Å². The number of halogens is 4. The number of aryl methyl sites for hydroxylation is 2. The molecule has 9 fully saturated rings. The van der Waals surface area contributed by atoms with E-state index in [4.69, 9.17) is 10.5 Å². The highest BCUT2D eigenvalue weighted by molar-refractivity contribution is 5.99. The second-order valence-corrected chi connectivity index (χ2v) is 42.5. The lowest BCUT2D eigenvalue weighted by Crippen LogP contribution is -2.54. The fourth-order valence-electron chi connectivity index (χ4n) is 25.5. The molecule has 6 bridgehead atoms. The number of methoxy groups -OCH3 is 1. The first-order valence-corrected chi connectivity index (χ1v) is 53.6. The molecule has 12 heterocycles. The molecule has 149 heavy (non-hydrogen) atoms. The van der Waals surface area contributed by atoms with Gasteiger partial charge >= 0.3 is 12.1 Å². The molecule has 12 aromatic carbocycles. The Kier molecular flexibility index (Phi) is 30.9. The molecule has 0 saturated carbocycles. The average Bonchev–Trinajstić information content (AvgIpc) is 1.58. The molecule has 5 N–H and O–H groups in total. The Morgan fingerprint density at radius 1 is 0.463 bits per heavy atom. The summed E-state index contributed by atoms with van der Waals surface area (Å²) in [4.78, 5) is 99.2. The van der Waals surface area contributed by atoms with Gasteiger partial charge in [-0.3, -0.25) is 47.7 Å². The minimum absolute atomic E-state index is 0. The Balaban J connectivity index is 0.000000131. The number of nitrogens with zero attached hydrogens (tertiary/aromatic N) is 13. The summed E-state index contributed by atoms with van der Waals surface area (Å²) in [5.74, 6) is 1.69. The minimum Gasteiger partial charge on any atom is -0.495 e. The van der Waals surface area contributed by atoms with Crippen LogP contribution >= 0.6 is 0 Å². The fraction of sp³-hybridized carbons (Fsp3) is 0.388. The molecule has 28 heteroatoms. The average molecular weight is 2020 g/mol. The van der Waals surface area contributed by atoms with Gasteiger partial charge in [0.1, 0.15) is 40.9 Å². The number of piperazine rings is 1. The van der Waals surface area contributed by atoms with Crippen molar-refractivity contribution in [2.75, 3.05) is 90.2 Å². The first kappa shape index (κ1) is 101. The number of nitrogens with two attached hydrogens (primary N) is 1. The van der Waals surface area contributed by atoms with Gasteiger partial charge in [0.05, 0.1) is 29.7 Å². The van der Waals surface area contributed by atoms with E-state index in [0.29, 0.717) is 141 Å². The Morgan fingerprint density at radius 3 is 1.53 bits per heavy atom. The molecule has 14 aromatic rings. The first-order chi connectivity index (χ1) is 72.6. The number of piperidine rings is 3. The number of amides is 7. The molecule has 2 aromatic heterocycles. The van der Waals surface area contributed by atoms with E-state index in [-0.39, 0.29) is 81.0 Å². The van der Waals surface area contributed by atoms with Crippen LogP contribution in [-0.2, 0) is 48.7 Å². The normalized spacial score (nSPS) is 22.0. The van der Waals surface area contributed by atoms with Crippen LogP contribution in [0.2, 0.25) is 0 Å². The number of nitrogen functional groups attached to an aromatic ring is 1. The first-order valence-electron chi connectivity index (χ1n) is 53.6. The summed E-state index contributed by atoms with van der Waals surface area (Å²) in [5, 5.41) is 24.8. The molecule has 10 aliphatic rings. The van der Waals surface area contributed by atoms with E-state index in [9.17, 15) is 46.3 Å². The van der Waals surface area contributed by atoms with Gasteiger partial charge in [-0.25, -0.2) is 27.2 Å². The summed E-state index contributed by atoms with van der Waals surface area (Å²) in [6.07, 6.45) is 17.3. The van der Waals surface area contributed by atoms with Gasteiger partial charge in [-0.15, -0.1) is 10.2 Å². The standard InChI is InChI=1S/C31H36FN5O2.C31H35FN4O3.C30H32N6O.C29H30F2N2O.3H2/c32-25-7-4-23-16-21(2-3-24(23)17-25)20-37-28-10-11-29(37)19-27(18-28)34-31(39)36-13-1-12-35(14-15-36)30(38)22-5-8-26(33)9-6-22;1-39-29-7-3-2-5-27(29)34-30(37)28-6-4-14-35(28)31(38)33-24-17-25-12-13-26(18-24)36(25)19-20-8-9-22-16-23(32)11-10-21(22)15-20;1-23-31-32-30-35(29(37)26-15-8-9-16-27(26)36(23)30)18-10-17-33-19-21-34(22-20-33)28(24-11-4-2-5-12-24)25-13-6-3-7-14-25;30-25-5-3-21-11-19(1-2-22(21)15-25)17-33-27-7-8-28(33)13-20(12-27)14-29(34)32-10-9-23-16-26(31)6-4-24(23)18-32;;;/h2-9,16-17,27-29H,1,10-15,18-20,33H2,(H,34,39);2-3,5,7-11,15-16,24-26,28H,4,6,12-14,17-19H2,1H3,(H,33,38)(H,34,37);2-9,11-16,28H,10,17-22H2,1H3;1-6,11,15-16,20,27-28H,7-10,12-14,17-18H2;3*1H/t28-,29-;25-,26-,28+;;27-,28-;;;/m11.1.../s1. The third kappa shape index (κ3) is 23.3. The number of nitrogens with one attached hydrogen (secondary N) is 3. The van der Waals surface area contributed by atoms with E-state index in [1.54, 1.807) is 77.2 Å². The van der Waals surface area contributed by atoms with E-state index < -0.39 is 6.04 Å². The zero-order valence-electron chi connectivity index (χ0n) is 85.0. The second-order valence-electron chi connectivity index (χ2n) is 42.5. The molecule has 7 amide bonds. The van der Waals surface area contributed by atoms with Gasteiger partial charge in [-0.1, -0.05) is 146 Å². The number of likely N-dealkylation sites (tertiary alicyclic amines) is 1. The van der Waals surface area contributed by atoms with Crippen molar-refractivity contribution < 1.29 is 50.6 Å².